The molecule has 0 unspecified atom stereocenters. The number of amides is 1. The second kappa shape index (κ2) is 8.88. The Balaban J connectivity index is 1.60. The lowest BCUT2D eigenvalue weighted by atomic mass is 10.2. The first kappa shape index (κ1) is 20.4. The highest BCUT2D eigenvalue weighted by molar-refractivity contribution is 8.00. The van der Waals surface area contributed by atoms with Crippen molar-refractivity contribution in [2.24, 2.45) is 0 Å². The lowest BCUT2D eigenvalue weighted by Crippen LogP contribution is -2.50. The van der Waals surface area contributed by atoms with E-state index in [4.69, 9.17) is 4.98 Å². The third-order valence-corrected chi connectivity index (χ3v) is 7.28. The summed E-state index contributed by atoms with van der Waals surface area (Å²) < 4.78 is 1.87. The molecule has 4 rings (SSSR count). The predicted octanol–water partition coefficient (Wildman–Crippen LogP) is 3.16. The number of hydrogen-bond donors (Lipinski definition) is 0. The van der Waals surface area contributed by atoms with Crippen LogP contribution in [0.2, 0.25) is 0 Å². The summed E-state index contributed by atoms with van der Waals surface area (Å²) in [6.45, 7) is 8.54. The number of nitrogens with zero attached hydrogens (tertiary/aromatic N) is 4. The quantitative estimate of drug-likeness (QED) is 0.556. The van der Waals surface area contributed by atoms with Crippen LogP contribution in [0.1, 0.15) is 45.6 Å². The van der Waals surface area contributed by atoms with Crippen LogP contribution >= 0.6 is 11.8 Å². The molecule has 7 heteroatoms. The predicted molar refractivity (Wildman–Crippen MR) is 118 cm³/mol. The average molecular weight is 415 g/mol. The molecule has 6 nitrogen and oxygen atoms in total. The normalized spacial score (nSPS) is 19.7. The van der Waals surface area contributed by atoms with Gasteiger partial charge >= 0.3 is 0 Å². The molecule has 2 aliphatic rings. The summed E-state index contributed by atoms with van der Waals surface area (Å²) in [4.78, 5) is 35.5. The van der Waals surface area contributed by atoms with Crippen molar-refractivity contribution in [2.75, 3.05) is 32.7 Å². The van der Waals surface area contributed by atoms with Crippen LogP contribution in [0.25, 0.3) is 10.9 Å². The third kappa shape index (κ3) is 4.21. The maximum absolute atomic E-state index is 13.3. The topological polar surface area (TPSA) is 58.4 Å². The Labute approximate surface area is 176 Å². The fourth-order valence-corrected chi connectivity index (χ4v) is 5.51. The monoisotopic (exact) mass is 414 g/mol. The number of benzene rings is 1. The van der Waals surface area contributed by atoms with Gasteiger partial charge in [-0.3, -0.25) is 14.2 Å². The largest absolute Gasteiger partial charge is 0.339 e. The number of carbonyl (C=O) groups excluding carboxylic acids is 1. The van der Waals surface area contributed by atoms with E-state index >= 15 is 0 Å². The average Bonchev–Trinajstić information content (AvgIpc) is 3.27. The molecule has 2 heterocycles. The van der Waals surface area contributed by atoms with Crippen LogP contribution in [-0.4, -0.2) is 63.2 Å². The minimum absolute atomic E-state index is 0.0289. The fourth-order valence-electron chi connectivity index (χ4n) is 4.44. The molecule has 0 radical (unpaired) electrons. The number of para-hydroxylation sites is 1. The number of likely N-dealkylation sites (N-methyl/N-ethyl adjacent to an activating group) is 1. The van der Waals surface area contributed by atoms with Gasteiger partial charge in [0, 0.05) is 32.2 Å². The van der Waals surface area contributed by atoms with Gasteiger partial charge in [0.1, 0.15) is 0 Å². The van der Waals surface area contributed by atoms with Crippen LogP contribution in [0.5, 0.6) is 0 Å². The Morgan fingerprint density at radius 2 is 1.86 bits per heavy atom. The van der Waals surface area contributed by atoms with Gasteiger partial charge in [0.15, 0.2) is 5.16 Å². The molecule has 1 aliphatic heterocycles. The van der Waals surface area contributed by atoms with E-state index in [1.54, 1.807) is 0 Å². The Bertz CT molecular complexity index is 930. The van der Waals surface area contributed by atoms with E-state index in [0.29, 0.717) is 16.1 Å². The van der Waals surface area contributed by atoms with Crippen molar-refractivity contribution in [1.29, 1.82) is 0 Å². The summed E-state index contributed by atoms with van der Waals surface area (Å²) >= 11 is 1.44. The zero-order chi connectivity index (χ0) is 20.4. The van der Waals surface area contributed by atoms with E-state index in [1.165, 1.54) is 11.8 Å². The summed E-state index contributed by atoms with van der Waals surface area (Å²) in [6.07, 6.45) is 4.30. The standard InChI is InChI=1S/C22H30N4O2S/c1-3-24-12-14-25(15-13-24)20(27)16(2)29-22-23-19-11-7-6-10-18(19)21(28)26(22)17-8-4-5-9-17/h6-7,10-11,16-17H,3-5,8-9,12-15H2,1-2H3/t16-/m1/s1. The van der Waals surface area contributed by atoms with Gasteiger partial charge in [-0.25, -0.2) is 4.98 Å². The zero-order valence-electron chi connectivity index (χ0n) is 17.3. The lowest BCUT2D eigenvalue weighted by molar-refractivity contribution is -0.132. The van der Waals surface area contributed by atoms with Crippen molar-refractivity contribution >= 4 is 28.6 Å². The molecule has 29 heavy (non-hydrogen) atoms. The third-order valence-electron chi connectivity index (χ3n) is 6.23. The van der Waals surface area contributed by atoms with E-state index in [2.05, 4.69) is 11.8 Å². The maximum Gasteiger partial charge on any atom is 0.262 e. The first-order valence-corrected chi connectivity index (χ1v) is 11.7. The van der Waals surface area contributed by atoms with Crippen molar-refractivity contribution < 1.29 is 4.79 Å². The van der Waals surface area contributed by atoms with Gasteiger partial charge in [-0.1, -0.05) is 43.7 Å². The molecule has 2 aromatic rings. The highest BCUT2D eigenvalue weighted by atomic mass is 32.2. The Kier molecular flexibility index (Phi) is 6.25. The zero-order valence-corrected chi connectivity index (χ0v) is 18.2. The minimum atomic E-state index is -0.260. The Hall–Kier alpha value is -1.86. The fraction of sp³-hybridized carbons (Fsp3) is 0.591. The molecule has 2 fully saturated rings. The minimum Gasteiger partial charge on any atom is -0.339 e. The number of rotatable bonds is 5. The SMILES string of the molecule is CCN1CCN(C(=O)[C@@H](C)Sc2nc3ccccc3c(=O)n2C2CCCC2)CC1. The van der Waals surface area contributed by atoms with E-state index in [0.717, 1.165) is 58.4 Å². The van der Waals surface area contributed by atoms with Gasteiger partial charge in [0.05, 0.1) is 16.2 Å². The Morgan fingerprint density at radius 3 is 2.55 bits per heavy atom. The number of carbonyl (C=O) groups is 1. The number of piperazine rings is 1. The van der Waals surface area contributed by atoms with E-state index < -0.39 is 0 Å². The van der Waals surface area contributed by atoms with Crippen molar-refractivity contribution in [3.8, 4) is 0 Å². The molecule has 0 N–H and O–H groups in total. The summed E-state index contributed by atoms with van der Waals surface area (Å²) in [5, 5.41) is 1.09. The van der Waals surface area contributed by atoms with E-state index in [9.17, 15) is 9.59 Å². The first-order chi connectivity index (χ1) is 14.1. The second-order valence-corrected chi connectivity index (χ2v) is 9.35. The molecule has 1 aromatic heterocycles. The van der Waals surface area contributed by atoms with Crippen LogP contribution in [0.3, 0.4) is 0 Å². The van der Waals surface area contributed by atoms with Gasteiger partial charge in [-0.05, 0) is 38.4 Å². The van der Waals surface area contributed by atoms with Crippen LogP contribution in [0.15, 0.2) is 34.2 Å². The molecule has 156 valence electrons. The van der Waals surface area contributed by atoms with Crippen LogP contribution in [0, 0.1) is 0 Å². The molecule has 0 bridgehead atoms. The van der Waals surface area contributed by atoms with Gasteiger partial charge < -0.3 is 9.80 Å². The number of thioether (sulfide) groups is 1. The smallest absolute Gasteiger partial charge is 0.262 e. The number of aromatic nitrogens is 2. The van der Waals surface area contributed by atoms with Crippen molar-refractivity contribution in [3.63, 3.8) is 0 Å². The molecule has 1 aliphatic carbocycles. The van der Waals surface area contributed by atoms with Gasteiger partial charge in [-0.2, -0.15) is 0 Å². The van der Waals surface area contributed by atoms with E-state index in [1.807, 2.05) is 40.7 Å². The van der Waals surface area contributed by atoms with Crippen LogP contribution in [0.4, 0.5) is 0 Å². The molecule has 1 atom stereocenters. The summed E-state index contributed by atoms with van der Waals surface area (Å²) in [7, 11) is 0. The number of fused-ring (bicyclic) bond motifs is 1. The molecular weight excluding hydrogens is 384 g/mol. The second-order valence-electron chi connectivity index (χ2n) is 8.04. The van der Waals surface area contributed by atoms with Crippen molar-refractivity contribution in [1.82, 2.24) is 19.4 Å². The molecular formula is C22H30N4O2S. The van der Waals surface area contributed by atoms with Crippen molar-refractivity contribution in [2.45, 2.75) is 56.0 Å². The Morgan fingerprint density at radius 1 is 1.17 bits per heavy atom. The summed E-state index contributed by atoms with van der Waals surface area (Å²) in [5.74, 6) is 0.145. The summed E-state index contributed by atoms with van der Waals surface area (Å²) in [5.41, 5.74) is 0.742. The van der Waals surface area contributed by atoms with Gasteiger partial charge in [0.2, 0.25) is 5.91 Å². The first-order valence-electron chi connectivity index (χ1n) is 10.8. The highest BCUT2D eigenvalue weighted by Gasteiger charge is 2.28. The van der Waals surface area contributed by atoms with Crippen molar-refractivity contribution in [3.05, 3.63) is 34.6 Å². The van der Waals surface area contributed by atoms with Crippen LogP contribution in [-0.2, 0) is 4.79 Å². The van der Waals surface area contributed by atoms with Crippen LogP contribution < -0.4 is 5.56 Å². The molecule has 1 aromatic carbocycles. The summed E-state index contributed by atoms with van der Waals surface area (Å²) in [6, 6.07) is 7.73. The van der Waals surface area contributed by atoms with E-state index in [-0.39, 0.29) is 22.8 Å². The highest BCUT2D eigenvalue weighted by Crippen LogP contribution is 2.33. The molecule has 1 saturated heterocycles. The van der Waals surface area contributed by atoms with Gasteiger partial charge in [0.25, 0.3) is 5.56 Å². The molecule has 1 saturated carbocycles. The maximum atomic E-state index is 13.3. The lowest BCUT2D eigenvalue weighted by Gasteiger charge is -2.35. The van der Waals surface area contributed by atoms with Gasteiger partial charge in [-0.15, -0.1) is 0 Å². The molecule has 1 amide bonds. The number of hydrogen-bond acceptors (Lipinski definition) is 5. The molecule has 0 spiro atoms.